The Morgan fingerprint density at radius 1 is 1.50 bits per heavy atom. The highest BCUT2D eigenvalue weighted by Gasteiger charge is 2.15. The number of anilines is 2. The first kappa shape index (κ1) is 12.8. The van der Waals surface area contributed by atoms with Crippen molar-refractivity contribution in [1.82, 2.24) is 4.98 Å². The van der Waals surface area contributed by atoms with Crippen LogP contribution in [0.25, 0.3) is 0 Å². The van der Waals surface area contributed by atoms with E-state index in [0.29, 0.717) is 34.4 Å². The summed E-state index contributed by atoms with van der Waals surface area (Å²) >= 11 is 1.33. The lowest BCUT2D eigenvalue weighted by Crippen LogP contribution is -2.13. The molecule has 0 saturated heterocycles. The molecule has 0 atom stereocenters. The molecule has 104 valence electrons. The zero-order chi connectivity index (χ0) is 13.9. The van der Waals surface area contributed by atoms with Gasteiger partial charge in [0.1, 0.15) is 17.4 Å². The molecule has 3 N–H and O–H groups in total. The van der Waals surface area contributed by atoms with Crippen LogP contribution in [-0.2, 0) is 11.3 Å². The number of fused-ring (bicyclic) bond motifs is 1. The summed E-state index contributed by atoms with van der Waals surface area (Å²) in [6.45, 7) is 0.473. The van der Waals surface area contributed by atoms with E-state index in [1.165, 1.54) is 29.7 Å². The van der Waals surface area contributed by atoms with Crippen LogP contribution in [-0.4, -0.2) is 18.0 Å². The van der Waals surface area contributed by atoms with Gasteiger partial charge in [-0.15, -0.1) is 11.3 Å². The number of hydrogen-bond acceptors (Lipinski definition) is 7. The molecule has 8 heteroatoms. The second-order valence-electron chi connectivity index (χ2n) is 4.04. The molecule has 0 spiro atoms. The average Bonchev–Trinajstić information content (AvgIpc) is 2.84. The van der Waals surface area contributed by atoms with Crippen molar-refractivity contribution >= 4 is 28.5 Å². The highest BCUT2D eigenvalue weighted by atomic mass is 32.1. The summed E-state index contributed by atoms with van der Waals surface area (Å²) in [5, 5.41) is 6.26. The van der Waals surface area contributed by atoms with Gasteiger partial charge in [0.05, 0.1) is 12.8 Å². The van der Waals surface area contributed by atoms with Crippen LogP contribution in [0.2, 0.25) is 0 Å². The van der Waals surface area contributed by atoms with E-state index < -0.39 is 0 Å². The third kappa shape index (κ3) is 2.70. The number of benzene rings is 1. The van der Waals surface area contributed by atoms with Gasteiger partial charge < -0.3 is 15.2 Å². The molecule has 1 aliphatic heterocycles. The highest BCUT2D eigenvalue weighted by molar-refractivity contribution is 7.14. The van der Waals surface area contributed by atoms with Gasteiger partial charge in [-0.05, 0) is 12.1 Å². The average molecular weight is 294 g/mol. The van der Waals surface area contributed by atoms with E-state index in [9.17, 15) is 4.39 Å². The van der Waals surface area contributed by atoms with E-state index in [1.807, 2.05) is 0 Å². The Morgan fingerprint density at radius 2 is 2.40 bits per heavy atom. The minimum Gasteiger partial charge on any atom is -0.466 e. The smallest absolute Gasteiger partial charge is 0.205 e. The number of halogens is 1. The van der Waals surface area contributed by atoms with Gasteiger partial charge in [-0.3, -0.25) is 5.43 Å². The van der Waals surface area contributed by atoms with Gasteiger partial charge in [0.25, 0.3) is 0 Å². The number of nitrogens with one attached hydrogen (secondary N) is 1. The lowest BCUT2D eigenvalue weighted by atomic mass is 10.1. The Morgan fingerprint density at radius 3 is 3.20 bits per heavy atom. The minimum atomic E-state index is -0.363. The van der Waals surface area contributed by atoms with Gasteiger partial charge in [-0.25, -0.2) is 9.37 Å². The number of rotatable bonds is 3. The first-order valence-electron chi connectivity index (χ1n) is 5.75. The van der Waals surface area contributed by atoms with E-state index in [1.54, 1.807) is 5.38 Å². The second kappa shape index (κ2) is 5.43. The Bertz CT molecular complexity index is 659. The van der Waals surface area contributed by atoms with Crippen LogP contribution in [0, 0.1) is 5.82 Å². The third-order valence-corrected chi connectivity index (χ3v) is 3.35. The molecule has 0 saturated carbocycles. The quantitative estimate of drug-likeness (QED) is 0.670. The van der Waals surface area contributed by atoms with E-state index in [0.717, 1.165) is 0 Å². The molecule has 1 aliphatic rings. The Hall–Kier alpha value is -2.19. The Balaban J connectivity index is 1.81. The molecular formula is C12H11FN4O2S. The summed E-state index contributed by atoms with van der Waals surface area (Å²) in [4.78, 5) is 3.99. The van der Waals surface area contributed by atoms with E-state index in [4.69, 9.17) is 15.2 Å². The molecule has 0 radical (unpaired) electrons. The molecule has 0 amide bonds. The maximum Gasteiger partial charge on any atom is 0.205 e. The van der Waals surface area contributed by atoms with Crippen LogP contribution in [0.15, 0.2) is 22.6 Å². The largest absolute Gasteiger partial charge is 0.466 e. The molecular weight excluding hydrogens is 283 g/mol. The molecule has 1 aromatic heterocycles. The SMILES string of the molecule is Nc1csc(NN=Cc2cc(F)cc3c2OCOC3)n1. The van der Waals surface area contributed by atoms with Gasteiger partial charge in [0.15, 0.2) is 6.79 Å². The van der Waals surface area contributed by atoms with Crippen LogP contribution >= 0.6 is 11.3 Å². The first-order chi connectivity index (χ1) is 9.72. The number of nitrogen functional groups attached to an aromatic ring is 1. The molecule has 2 heterocycles. The standard InChI is InChI=1S/C12H11FN4O2S/c13-9-1-7(11-8(2-9)4-18-6-19-11)3-15-17-12-16-10(14)5-20-12/h1-3,5H,4,6,14H2,(H,16,17). The van der Waals surface area contributed by atoms with Gasteiger partial charge in [0, 0.05) is 16.5 Å². The molecule has 3 rings (SSSR count). The number of hydrazone groups is 1. The summed E-state index contributed by atoms with van der Waals surface area (Å²) in [6.07, 6.45) is 1.48. The summed E-state index contributed by atoms with van der Waals surface area (Å²) in [5.41, 5.74) is 9.43. The molecule has 0 bridgehead atoms. The van der Waals surface area contributed by atoms with Crippen molar-refractivity contribution in [3.63, 3.8) is 0 Å². The lowest BCUT2D eigenvalue weighted by molar-refractivity contribution is -0.0166. The predicted octanol–water partition coefficient (Wildman–Crippen LogP) is 2.18. The number of aromatic nitrogens is 1. The third-order valence-electron chi connectivity index (χ3n) is 2.59. The molecule has 1 aromatic carbocycles. The highest BCUT2D eigenvalue weighted by Crippen LogP contribution is 2.28. The Kier molecular flexibility index (Phi) is 3.48. The van der Waals surface area contributed by atoms with Crippen LogP contribution in [0.1, 0.15) is 11.1 Å². The van der Waals surface area contributed by atoms with E-state index in [-0.39, 0.29) is 12.6 Å². The molecule has 2 aromatic rings. The van der Waals surface area contributed by atoms with Crippen LogP contribution in [0.4, 0.5) is 15.3 Å². The molecule has 0 fully saturated rings. The van der Waals surface area contributed by atoms with E-state index >= 15 is 0 Å². The minimum absolute atomic E-state index is 0.149. The number of hydrogen-bond donors (Lipinski definition) is 2. The number of ether oxygens (including phenoxy) is 2. The molecule has 20 heavy (non-hydrogen) atoms. The van der Waals surface area contributed by atoms with E-state index in [2.05, 4.69) is 15.5 Å². The lowest BCUT2D eigenvalue weighted by Gasteiger charge is -2.19. The van der Waals surface area contributed by atoms with Crippen molar-refractivity contribution in [2.24, 2.45) is 5.10 Å². The van der Waals surface area contributed by atoms with Crippen molar-refractivity contribution in [2.45, 2.75) is 6.61 Å². The second-order valence-corrected chi connectivity index (χ2v) is 4.90. The summed E-state index contributed by atoms with van der Waals surface area (Å²) < 4.78 is 24.0. The first-order valence-corrected chi connectivity index (χ1v) is 6.63. The zero-order valence-electron chi connectivity index (χ0n) is 10.3. The van der Waals surface area contributed by atoms with Gasteiger partial charge in [-0.2, -0.15) is 5.10 Å². The van der Waals surface area contributed by atoms with Crippen molar-refractivity contribution in [1.29, 1.82) is 0 Å². The molecule has 0 unspecified atom stereocenters. The predicted molar refractivity (Wildman–Crippen MR) is 74.4 cm³/mol. The van der Waals surface area contributed by atoms with Crippen molar-refractivity contribution in [3.05, 3.63) is 34.5 Å². The number of thiazole rings is 1. The van der Waals surface area contributed by atoms with Crippen molar-refractivity contribution in [2.75, 3.05) is 18.0 Å². The Labute approximate surface area is 118 Å². The number of nitrogens with two attached hydrogens (primary N) is 1. The monoisotopic (exact) mass is 294 g/mol. The topological polar surface area (TPSA) is 81.8 Å². The van der Waals surface area contributed by atoms with Crippen LogP contribution in [0.3, 0.4) is 0 Å². The maximum atomic E-state index is 13.5. The summed E-state index contributed by atoms with van der Waals surface area (Å²) in [6, 6.07) is 2.74. The van der Waals surface area contributed by atoms with Gasteiger partial charge in [0.2, 0.25) is 5.13 Å². The van der Waals surface area contributed by atoms with Crippen LogP contribution < -0.4 is 15.9 Å². The van der Waals surface area contributed by atoms with Gasteiger partial charge in [-0.1, -0.05) is 0 Å². The summed E-state index contributed by atoms with van der Waals surface area (Å²) in [5.74, 6) is 0.649. The molecule has 0 aliphatic carbocycles. The van der Waals surface area contributed by atoms with Crippen molar-refractivity contribution < 1.29 is 13.9 Å². The fourth-order valence-corrected chi connectivity index (χ4v) is 2.35. The fraction of sp³-hybridized carbons (Fsp3) is 0.167. The normalized spacial score (nSPS) is 14.1. The fourth-order valence-electron chi connectivity index (χ4n) is 1.80. The zero-order valence-corrected chi connectivity index (χ0v) is 11.1. The number of nitrogens with zero attached hydrogens (tertiary/aromatic N) is 2. The van der Waals surface area contributed by atoms with Gasteiger partial charge >= 0.3 is 0 Å². The van der Waals surface area contributed by atoms with Crippen molar-refractivity contribution in [3.8, 4) is 5.75 Å². The molecule has 6 nitrogen and oxygen atoms in total. The maximum absolute atomic E-state index is 13.5. The summed E-state index contributed by atoms with van der Waals surface area (Å²) in [7, 11) is 0. The van der Waals surface area contributed by atoms with Crippen LogP contribution in [0.5, 0.6) is 5.75 Å².